The highest BCUT2D eigenvalue weighted by Crippen LogP contribution is 2.30. The fourth-order valence-electron chi connectivity index (χ4n) is 2.72. The fourth-order valence-corrected chi connectivity index (χ4v) is 2.94. The van der Waals surface area contributed by atoms with Gasteiger partial charge in [-0.2, -0.15) is 0 Å². The Morgan fingerprint density at radius 2 is 1.80 bits per heavy atom. The number of hydrogen-bond donors (Lipinski definition) is 1. The molecule has 1 N–H and O–H groups in total. The van der Waals surface area contributed by atoms with Gasteiger partial charge in [-0.3, -0.25) is 9.59 Å². The van der Waals surface area contributed by atoms with Crippen molar-refractivity contribution in [1.29, 1.82) is 0 Å². The van der Waals surface area contributed by atoms with E-state index in [0.717, 1.165) is 5.39 Å². The largest absolute Gasteiger partial charge is 0.497 e. The number of ketones is 1. The highest BCUT2D eigenvalue weighted by molar-refractivity contribution is 6.35. The number of methoxy groups -OCH3 is 2. The van der Waals surface area contributed by atoms with Crippen LogP contribution >= 0.6 is 11.6 Å². The number of H-pyrrole nitrogens is 1. The SMILES string of the molecule is COC(=O)Cc1c(C(=O)c2ccc(OC)cc2)[nH]c2c(Cl)cccc12. The lowest BCUT2D eigenvalue weighted by atomic mass is 10.0. The normalized spacial score (nSPS) is 10.7. The van der Waals surface area contributed by atoms with E-state index < -0.39 is 5.97 Å². The molecule has 0 radical (unpaired) electrons. The van der Waals surface area contributed by atoms with Crippen molar-refractivity contribution in [2.75, 3.05) is 14.2 Å². The molecule has 0 fully saturated rings. The lowest BCUT2D eigenvalue weighted by Crippen LogP contribution is -2.10. The number of para-hydroxylation sites is 1. The number of aromatic nitrogens is 1. The zero-order valence-electron chi connectivity index (χ0n) is 13.8. The van der Waals surface area contributed by atoms with Gasteiger partial charge >= 0.3 is 5.97 Å². The van der Waals surface area contributed by atoms with Crippen LogP contribution in [0.3, 0.4) is 0 Å². The molecule has 0 aliphatic heterocycles. The topological polar surface area (TPSA) is 68.4 Å². The Balaban J connectivity index is 2.12. The minimum atomic E-state index is -0.426. The summed E-state index contributed by atoms with van der Waals surface area (Å²) in [5.74, 6) is 0.00417. The third-order valence-corrected chi connectivity index (χ3v) is 4.33. The van der Waals surface area contributed by atoms with Crippen molar-refractivity contribution >= 4 is 34.3 Å². The van der Waals surface area contributed by atoms with Crippen LogP contribution in [0.1, 0.15) is 21.6 Å². The monoisotopic (exact) mass is 357 g/mol. The first-order chi connectivity index (χ1) is 12.0. The fraction of sp³-hybridized carbons (Fsp3) is 0.158. The van der Waals surface area contributed by atoms with Gasteiger partial charge in [0, 0.05) is 16.5 Å². The van der Waals surface area contributed by atoms with E-state index >= 15 is 0 Å². The summed E-state index contributed by atoms with van der Waals surface area (Å²) < 4.78 is 9.87. The minimum Gasteiger partial charge on any atom is -0.497 e. The van der Waals surface area contributed by atoms with Gasteiger partial charge in [-0.1, -0.05) is 23.7 Å². The molecule has 0 saturated carbocycles. The molecule has 0 aliphatic carbocycles. The molecular formula is C19H16ClNO4. The first-order valence-corrected chi connectivity index (χ1v) is 7.97. The van der Waals surface area contributed by atoms with Crippen LogP contribution < -0.4 is 4.74 Å². The third kappa shape index (κ3) is 3.23. The maximum absolute atomic E-state index is 13.0. The number of hydrogen-bond acceptors (Lipinski definition) is 4. The molecule has 0 unspecified atom stereocenters. The first-order valence-electron chi connectivity index (χ1n) is 7.59. The van der Waals surface area contributed by atoms with Gasteiger partial charge in [-0.05, 0) is 30.3 Å². The van der Waals surface area contributed by atoms with E-state index in [1.165, 1.54) is 7.11 Å². The zero-order chi connectivity index (χ0) is 18.0. The molecule has 3 aromatic rings. The van der Waals surface area contributed by atoms with Gasteiger partial charge in [-0.15, -0.1) is 0 Å². The van der Waals surface area contributed by atoms with Crippen molar-refractivity contribution in [3.05, 3.63) is 64.3 Å². The van der Waals surface area contributed by atoms with Gasteiger partial charge in [0.1, 0.15) is 5.75 Å². The summed E-state index contributed by atoms with van der Waals surface area (Å²) in [6.07, 6.45) is -0.0198. The van der Waals surface area contributed by atoms with Gasteiger partial charge in [0.25, 0.3) is 0 Å². The molecule has 0 saturated heterocycles. The number of ether oxygens (including phenoxy) is 2. The van der Waals surface area contributed by atoms with E-state index in [-0.39, 0.29) is 12.2 Å². The average Bonchev–Trinajstić information content (AvgIpc) is 3.01. The van der Waals surface area contributed by atoms with Gasteiger partial charge in [0.2, 0.25) is 5.78 Å². The quantitative estimate of drug-likeness (QED) is 0.557. The predicted octanol–water partition coefficient (Wildman–Crippen LogP) is 3.78. The van der Waals surface area contributed by atoms with Crippen molar-refractivity contribution in [1.82, 2.24) is 4.98 Å². The Morgan fingerprint density at radius 1 is 1.08 bits per heavy atom. The number of carbonyl (C=O) groups excluding carboxylic acids is 2. The molecule has 25 heavy (non-hydrogen) atoms. The van der Waals surface area contributed by atoms with Crippen molar-refractivity contribution in [3.63, 3.8) is 0 Å². The van der Waals surface area contributed by atoms with E-state index in [4.69, 9.17) is 21.1 Å². The van der Waals surface area contributed by atoms with Gasteiger partial charge < -0.3 is 14.5 Å². The summed E-state index contributed by atoms with van der Waals surface area (Å²) in [5.41, 5.74) is 2.01. The maximum Gasteiger partial charge on any atom is 0.310 e. The Morgan fingerprint density at radius 3 is 2.44 bits per heavy atom. The van der Waals surface area contributed by atoms with Crippen molar-refractivity contribution in [2.24, 2.45) is 0 Å². The van der Waals surface area contributed by atoms with Crippen LogP contribution in [0.25, 0.3) is 10.9 Å². The molecule has 0 aliphatic rings. The lowest BCUT2D eigenvalue weighted by Gasteiger charge is -2.05. The van der Waals surface area contributed by atoms with Gasteiger partial charge in [-0.25, -0.2) is 0 Å². The number of fused-ring (bicyclic) bond motifs is 1. The van der Waals surface area contributed by atoms with Crippen LogP contribution in [0.2, 0.25) is 5.02 Å². The number of carbonyl (C=O) groups is 2. The number of aromatic amines is 1. The molecule has 3 rings (SSSR count). The Labute approximate surface area is 149 Å². The van der Waals surface area contributed by atoms with Crippen LogP contribution in [0.15, 0.2) is 42.5 Å². The van der Waals surface area contributed by atoms with Crippen molar-refractivity contribution < 1.29 is 19.1 Å². The number of benzene rings is 2. The molecule has 128 valence electrons. The van der Waals surface area contributed by atoms with E-state index in [1.807, 2.05) is 6.07 Å². The summed E-state index contributed by atoms with van der Waals surface area (Å²) in [7, 11) is 2.88. The second kappa shape index (κ2) is 6.99. The molecule has 0 bridgehead atoms. The second-order valence-corrected chi connectivity index (χ2v) is 5.86. The molecule has 0 atom stereocenters. The van der Waals surface area contributed by atoms with Crippen LogP contribution in [0, 0.1) is 0 Å². The van der Waals surface area contributed by atoms with Crippen molar-refractivity contribution in [3.8, 4) is 5.75 Å². The summed E-state index contributed by atoms with van der Waals surface area (Å²) in [4.78, 5) is 27.8. The van der Waals surface area contributed by atoms with Crippen molar-refractivity contribution in [2.45, 2.75) is 6.42 Å². The summed E-state index contributed by atoms with van der Waals surface area (Å²) in [6, 6.07) is 12.1. The standard InChI is InChI=1S/C19H16ClNO4/c1-24-12-8-6-11(7-9-12)19(23)18-14(10-16(22)25-2)13-4-3-5-15(20)17(13)21-18/h3-9,21H,10H2,1-2H3. The third-order valence-electron chi connectivity index (χ3n) is 4.02. The van der Waals surface area contributed by atoms with E-state index in [9.17, 15) is 9.59 Å². The molecule has 2 aromatic carbocycles. The van der Waals surface area contributed by atoms with Crippen LogP contribution in [-0.2, 0) is 16.0 Å². The Hall–Kier alpha value is -2.79. The van der Waals surface area contributed by atoms with E-state index in [0.29, 0.717) is 33.1 Å². The minimum absolute atomic E-state index is 0.0198. The summed E-state index contributed by atoms with van der Waals surface area (Å²) in [5, 5.41) is 1.21. The molecule has 1 aromatic heterocycles. The summed E-state index contributed by atoms with van der Waals surface area (Å²) in [6.45, 7) is 0. The number of halogens is 1. The second-order valence-electron chi connectivity index (χ2n) is 5.45. The highest BCUT2D eigenvalue weighted by Gasteiger charge is 2.22. The molecular weight excluding hydrogens is 342 g/mol. The predicted molar refractivity (Wildman–Crippen MR) is 95.5 cm³/mol. The first kappa shape index (κ1) is 17.0. The molecule has 5 nitrogen and oxygen atoms in total. The average molecular weight is 358 g/mol. The Kier molecular flexibility index (Phi) is 4.76. The molecule has 0 spiro atoms. The van der Waals surface area contributed by atoms with Crippen LogP contribution in [0.4, 0.5) is 0 Å². The smallest absolute Gasteiger partial charge is 0.310 e. The number of esters is 1. The Bertz CT molecular complexity index is 944. The highest BCUT2D eigenvalue weighted by atomic mass is 35.5. The molecule has 6 heteroatoms. The maximum atomic E-state index is 13.0. The van der Waals surface area contributed by atoms with E-state index in [2.05, 4.69) is 4.98 Å². The number of nitrogens with one attached hydrogen (secondary N) is 1. The summed E-state index contributed by atoms with van der Waals surface area (Å²) >= 11 is 6.23. The van der Waals surface area contributed by atoms with Gasteiger partial charge in [0.05, 0.1) is 36.9 Å². The molecule has 0 amide bonds. The van der Waals surface area contributed by atoms with Crippen LogP contribution in [-0.4, -0.2) is 31.0 Å². The van der Waals surface area contributed by atoms with Gasteiger partial charge in [0.15, 0.2) is 0 Å². The van der Waals surface area contributed by atoms with Crippen LogP contribution in [0.5, 0.6) is 5.75 Å². The zero-order valence-corrected chi connectivity index (χ0v) is 14.5. The van der Waals surface area contributed by atoms with E-state index in [1.54, 1.807) is 43.5 Å². The molecule has 1 heterocycles. The lowest BCUT2D eigenvalue weighted by molar-refractivity contribution is -0.139. The number of rotatable bonds is 5.